The summed E-state index contributed by atoms with van der Waals surface area (Å²) >= 11 is 0. The highest BCUT2D eigenvalue weighted by Crippen LogP contribution is 2.28. The molecule has 0 fully saturated rings. The molecule has 0 atom stereocenters. The fourth-order valence-electron chi connectivity index (χ4n) is 2.92. The summed E-state index contributed by atoms with van der Waals surface area (Å²) in [6, 6.07) is 13.6. The fraction of sp³-hybridized carbons (Fsp3) is 0.435. The van der Waals surface area contributed by atoms with Crippen LogP contribution in [0.3, 0.4) is 0 Å². The molecule has 0 saturated carbocycles. The fourth-order valence-corrected chi connectivity index (χ4v) is 3.88. The van der Waals surface area contributed by atoms with Crippen molar-refractivity contribution >= 4 is 14.0 Å². The Hall–Kier alpha value is -2.51. The normalized spacial score (nSPS) is 11.4. The van der Waals surface area contributed by atoms with E-state index in [2.05, 4.69) is 19.6 Å². The Labute approximate surface area is 180 Å². The topological polar surface area (TPSA) is 68.2 Å². The molecule has 2 rings (SSSR count). The van der Waals surface area contributed by atoms with Crippen LogP contribution >= 0.6 is 0 Å². The average Bonchev–Trinajstić information content (AvgIpc) is 2.71. The third-order valence-corrected chi connectivity index (χ3v) is 6.45. The lowest BCUT2D eigenvalue weighted by Gasteiger charge is -2.23. The number of nitrogens with zero attached hydrogens (tertiary/aromatic N) is 1. The highest BCUT2D eigenvalue weighted by molar-refractivity contribution is 6.76. The minimum absolute atomic E-state index is 0.205. The zero-order valence-electron chi connectivity index (χ0n) is 18.6. The van der Waals surface area contributed by atoms with Crippen LogP contribution in [-0.4, -0.2) is 45.0 Å². The van der Waals surface area contributed by atoms with E-state index in [4.69, 9.17) is 14.3 Å². The van der Waals surface area contributed by atoms with Gasteiger partial charge in [0.2, 0.25) is 0 Å². The van der Waals surface area contributed by atoms with Gasteiger partial charge >= 0.3 is 5.97 Å². The van der Waals surface area contributed by atoms with E-state index in [1.165, 1.54) is 0 Å². The van der Waals surface area contributed by atoms with Crippen molar-refractivity contribution in [1.82, 2.24) is 5.06 Å². The lowest BCUT2D eigenvalue weighted by atomic mass is 10.1. The third kappa shape index (κ3) is 8.08. The van der Waals surface area contributed by atoms with Crippen LogP contribution < -0.4 is 9.47 Å². The monoisotopic (exact) mass is 431 g/mol. The Balaban J connectivity index is 2.09. The number of hydroxylamine groups is 2. The summed E-state index contributed by atoms with van der Waals surface area (Å²) in [5.41, 5.74) is 2.01. The molecule has 0 aliphatic carbocycles. The molecule has 0 unspecified atom stereocenters. The zero-order valence-corrected chi connectivity index (χ0v) is 19.6. The van der Waals surface area contributed by atoms with Crippen molar-refractivity contribution in [3.63, 3.8) is 0 Å². The average molecular weight is 432 g/mol. The van der Waals surface area contributed by atoms with Crippen LogP contribution in [0.1, 0.15) is 17.5 Å². The number of phenols is 1. The molecular weight excluding hydrogens is 398 g/mol. The predicted molar refractivity (Wildman–Crippen MR) is 121 cm³/mol. The van der Waals surface area contributed by atoms with Gasteiger partial charge in [-0.25, -0.2) is 0 Å². The molecular formula is C23H33NO5Si. The third-order valence-electron chi connectivity index (χ3n) is 4.70. The minimum Gasteiger partial charge on any atom is -0.508 e. The summed E-state index contributed by atoms with van der Waals surface area (Å²) in [6.45, 7) is 7.71. The number of methoxy groups -OCH3 is 2. The van der Waals surface area contributed by atoms with Gasteiger partial charge in [0.1, 0.15) is 5.75 Å². The smallest absolute Gasteiger partial charge is 0.324 e. The van der Waals surface area contributed by atoms with E-state index in [-0.39, 0.29) is 11.7 Å². The summed E-state index contributed by atoms with van der Waals surface area (Å²) < 4.78 is 10.7. The molecule has 30 heavy (non-hydrogen) atoms. The molecule has 0 aromatic heterocycles. The first kappa shape index (κ1) is 23.8. The molecule has 2 aromatic carbocycles. The van der Waals surface area contributed by atoms with Gasteiger partial charge in [-0.2, -0.15) is 0 Å². The molecule has 0 bridgehead atoms. The molecule has 6 nitrogen and oxygen atoms in total. The molecule has 164 valence electrons. The first-order valence-corrected chi connectivity index (χ1v) is 13.9. The Bertz CT molecular complexity index is 817. The Morgan fingerprint density at radius 2 is 1.60 bits per heavy atom. The van der Waals surface area contributed by atoms with Crippen molar-refractivity contribution in [2.24, 2.45) is 0 Å². The van der Waals surface area contributed by atoms with Crippen LogP contribution in [0.5, 0.6) is 17.2 Å². The van der Waals surface area contributed by atoms with Gasteiger partial charge < -0.3 is 19.4 Å². The van der Waals surface area contributed by atoms with Crippen molar-refractivity contribution in [3.05, 3.63) is 53.6 Å². The second kappa shape index (κ2) is 11.0. The van der Waals surface area contributed by atoms with E-state index in [1.54, 1.807) is 31.4 Å². The molecule has 2 aromatic rings. The van der Waals surface area contributed by atoms with Crippen molar-refractivity contribution in [1.29, 1.82) is 0 Å². The summed E-state index contributed by atoms with van der Waals surface area (Å²) in [5.74, 6) is 1.32. The van der Waals surface area contributed by atoms with Crippen molar-refractivity contribution < 1.29 is 24.2 Å². The molecule has 0 spiro atoms. The van der Waals surface area contributed by atoms with Crippen LogP contribution in [0, 0.1) is 0 Å². The van der Waals surface area contributed by atoms with Crippen molar-refractivity contribution in [2.45, 2.75) is 45.1 Å². The van der Waals surface area contributed by atoms with Gasteiger partial charge in [0.05, 0.1) is 20.8 Å². The highest BCUT2D eigenvalue weighted by atomic mass is 28.3. The van der Waals surface area contributed by atoms with Crippen LogP contribution in [0.4, 0.5) is 0 Å². The zero-order chi connectivity index (χ0) is 22.1. The van der Waals surface area contributed by atoms with Crippen LogP contribution in [0.25, 0.3) is 0 Å². The molecule has 0 radical (unpaired) electrons. The summed E-state index contributed by atoms with van der Waals surface area (Å²) in [6.07, 6.45) is 1.12. The number of benzene rings is 2. The van der Waals surface area contributed by atoms with Crippen molar-refractivity contribution in [2.75, 3.05) is 20.8 Å². The first-order valence-electron chi connectivity index (χ1n) is 10.1. The second-order valence-electron chi connectivity index (χ2n) is 8.49. The van der Waals surface area contributed by atoms with Crippen LogP contribution in [0.15, 0.2) is 42.5 Å². The van der Waals surface area contributed by atoms with E-state index < -0.39 is 8.07 Å². The number of hydrogen-bond acceptors (Lipinski definition) is 6. The standard InChI is InChI=1S/C23H33NO5Si/c1-27-21-11-8-19(16-22(21)28-2)17-24(29-23(26)13-15-30(3,4)5)14-12-18-6-9-20(25)10-7-18/h6-11,16,25H,12-15,17H2,1-5H3. The summed E-state index contributed by atoms with van der Waals surface area (Å²) in [5, 5.41) is 11.2. The number of ether oxygens (including phenoxy) is 2. The van der Waals surface area contributed by atoms with E-state index in [1.807, 2.05) is 30.3 Å². The minimum atomic E-state index is -1.32. The molecule has 0 heterocycles. The van der Waals surface area contributed by atoms with Gasteiger partial charge in [-0.3, -0.25) is 4.79 Å². The molecule has 0 amide bonds. The molecule has 1 N–H and O–H groups in total. The number of hydrogen-bond donors (Lipinski definition) is 1. The number of phenolic OH excluding ortho intramolecular Hbond substituents is 1. The molecule has 7 heteroatoms. The quantitative estimate of drug-likeness (QED) is 0.413. The molecule has 0 saturated heterocycles. The Kier molecular flexibility index (Phi) is 8.74. The largest absolute Gasteiger partial charge is 0.508 e. The van der Waals surface area contributed by atoms with Gasteiger partial charge in [-0.15, -0.1) is 5.06 Å². The summed E-state index contributed by atoms with van der Waals surface area (Å²) in [7, 11) is 1.88. The molecule has 0 aliphatic heterocycles. The van der Waals surface area contributed by atoms with Gasteiger partial charge in [-0.1, -0.05) is 37.8 Å². The predicted octanol–water partition coefficient (Wildman–Crippen LogP) is 4.64. The Morgan fingerprint density at radius 1 is 0.967 bits per heavy atom. The van der Waals surface area contributed by atoms with Gasteiger partial charge in [-0.05, 0) is 47.9 Å². The van der Waals surface area contributed by atoms with Gasteiger partial charge in [0.15, 0.2) is 11.5 Å². The van der Waals surface area contributed by atoms with Gasteiger partial charge in [0, 0.05) is 21.0 Å². The number of carbonyl (C=O) groups is 1. The maximum absolute atomic E-state index is 12.5. The van der Waals surface area contributed by atoms with E-state index >= 15 is 0 Å². The lowest BCUT2D eigenvalue weighted by Crippen LogP contribution is -2.30. The molecule has 0 aliphatic rings. The maximum atomic E-state index is 12.5. The number of rotatable bonds is 11. The first-order chi connectivity index (χ1) is 14.2. The Morgan fingerprint density at radius 3 is 2.20 bits per heavy atom. The highest BCUT2D eigenvalue weighted by Gasteiger charge is 2.19. The van der Waals surface area contributed by atoms with Crippen LogP contribution in [-0.2, 0) is 22.6 Å². The maximum Gasteiger partial charge on any atom is 0.324 e. The SMILES string of the molecule is COc1ccc(CN(CCc2ccc(O)cc2)OC(=O)CC[Si](C)(C)C)cc1OC. The van der Waals surface area contributed by atoms with E-state index in [9.17, 15) is 9.90 Å². The van der Waals surface area contributed by atoms with E-state index in [0.29, 0.717) is 37.4 Å². The van der Waals surface area contributed by atoms with Crippen LogP contribution in [0.2, 0.25) is 25.7 Å². The van der Waals surface area contributed by atoms with E-state index in [0.717, 1.165) is 17.2 Å². The second-order valence-corrected chi connectivity index (χ2v) is 14.1. The van der Waals surface area contributed by atoms with Gasteiger partial charge in [0.25, 0.3) is 0 Å². The summed E-state index contributed by atoms with van der Waals surface area (Å²) in [4.78, 5) is 18.2. The van der Waals surface area contributed by atoms with Crippen molar-refractivity contribution in [3.8, 4) is 17.2 Å². The lowest BCUT2D eigenvalue weighted by molar-refractivity contribution is -0.193. The number of carbonyl (C=O) groups excluding carboxylic acids is 1. The number of aromatic hydroxyl groups is 1.